The van der Waals surface area contributed by atoms with Crippen molar-refractivity contribution in [3.8, 4) is 0 Å². The molecule has 0 spiro atoms. The van der Waals surface area contributed by atoms with Crippen LogP contribution in [-0.4, -0.2) is 23.7 Å². The molecule has 5 heteroatoms. The lowest BCUT2D eigenvalue weighted by Crippen LogP contribution is -2.49. The van der Waals surface area contributed by atoms with Crippen LogP contribution in [0, 0.1) is 5.82 Å². The van der Waals surface area contributed by atoms with Crippen LogP contribution < -0.4 is 5.32 Å². The Morgan fingerprint density at radius 2 is 1.72 bits per heavy atom. The van der Waals surface area contributed by atoms with Gasteiger partial charge in [-0.15, -0.1) is 0 Å². The first kappa shape index (κ1) is 25.3. The molecule has 4 aromatic carbocycles. The van der Waals surface area contributed by atoms with Gasteiger partial charge in [0.2, 0.25) is 0 Å². The summed E-state index contributed by atoms with van der Waals surface area (Å²) in [7, 11) is 0. The highest BCUT2D eigenvalue weighted by Crippen LogP contribution is 2.35. The van der Waals surface area contributed by atoms with Crippen LogP contribution in [0.5, 0.6) is 0 Å². The van der Waals surface area contributed by atoms with Crippen molar-refractivity contribution >= 4 is 27.6 Å². The first-order valence-corrected chi connectivity index (χ1v) is 13.8. The highest BCUT2D eigenvalue weighted by molar-refractivity contribution is 5.96. The van der Waals surface area contributed by atoms with Crippen LogP contribution in [-0.2, 0) is 23.2 Å². The molecule has 0 unspecified atom stereocenters. The normalized spacial score (nSPS) is 15.0. The number of halogens is 1. The Hall–Kier alpha value is -3.96. The summed E-state index contributed by atoms with van der Waals surface area (Å²) in [6, 6.07) is 27.8. The van der Waals surface area contributed by atoms with Gasteiger partial charge in [-0.25, -0.2) is 4.39 Å². The van der Waals surface area contributed by atoms with Gasteiger partial charge in [0.1, 0.15) is 5.82 Å². The summed E-state index contributed by atoms with van der Waals surface area (Å²) in [6.07, 6.45) is 5.19. The first-order valence-electron chi connectivity index (χ1n) is 13.8. The predicted octanol–water partition coefficient (Wildman–Crippen LogP) is 7.37. The van der Waals surface area contributed by atoms with Gasteiger partial charge in [-0.3, -0.25) is 4.79 Å². The van der Waals surface area contributed by atoms with Crippen molar-refractivity contribution in [2.75, 3.05) is 13.2 Å². The summed E-state index contributed by atoms with van der Waals surface area (Å²) in [5.74, 6) is -0.310. The number of carbonyl (C=O) groups is 1. The summed E-state index contributed by atoms with van der Waals surface area (Å²) < 4.78 is 21.7. The number of benzene rings is 4. The zero-order valence-corrected chi connectivity index (χ0v) is 22.3. The van der Waals surface area contributed by atoms with Gasteiger partial charge in [-0.05, 0) is 88.5 Å². The number of hydrogen-bond acceptors (Lipinski definition) is 2. The van der Waals surface area contributed by atoms with Crippen LogP contribution in [0.15, 0.2) is 91.1 Å². The van der Waals surface area contributed by atoms with Crippen molar-refractivity contribution < 1.29 is 13.9 Å². The number of nitrogens with zero attached hydrogens (tertiary/aromatic N) is 1. The largest absolute Gasteiger partial charge is 0.381 e. The van der Waals surface area contributed by atoms with E-state index in [1.807, 2.05) is 35.0 Å². The predicted molar refractivity (Wildman–Crippen MR) is 155 cm³/mol. The zero-order chi connectivity index (χ0) is 26.8. The van der Waals surface area contributed by atoms with Crippen molar-refractivity contribution in [3.05, 3.63) is 119 Å². The van der Waals surface area contributed by atoms with E-state index in [1.54, 1.807) is 12.1 Å². The molecule has 0 aliphatic carbocycles. The fourth-order valence-corrected chi connectivity index (χ4v) is 5.89. The molecule has 198 valence electrons. The molecule has 0 saturated carbocycles. The van der Waals surface area contributed by atoms with Gasteiger partial charge in [0, 0.05) is 31.5 Å². The minimum absolute atomic E-state index is 0.0567. The average Bonchev–Trinajstić information content (AvgIpc) is 3.35. The monoisotopic (exact) mass is 520 g/mol. The third-order valence-corrected chi connectivity index (χ3v) is 8.03. The molecule has 1 saturated heterocycles. The second-order valence-corrected chi connectivity index (χ2v) is 10.6. The molecule has 4 nitrogen and oxygen atoms in total. The maximum atomic E-state index is 14.1. The molecule has 0 radical (unpaired) electrons. The van der Waals surface area contributed by atoms with Gasteiger partial charge in [0.25, 0.3) is 5.91 Å². The Balaban J connectivity index is 1.34. The highest BCUT2D eigenvalue weighted by atomic mass is 19.1. The molecule has 0 bridgehead atoms. The van der Waals surface area contributed by atoms with Crippen molar-refractivity contribution in [1.29, 1.82) is 0 Å². The van der Waals surface area contributed by atoms with Gasteiger partial charge < -0.3 is 14.6 Å². The number of fused-ring (bicyclic) bond motifs is 2. The lowest BCUT2D eigenvalue weighted by molar-refractivity contribution is 0.0345. The van der Waals surface area contributed by atoms with Gasteiger partial charge in [0.05, 0.1) is 11.1 Å². The minimum Gasteiger partial charge on any atom is -0.381 e. The van der Waals surface area contributed by atoms with Crippen molar-refractivity contribution in [3.63, 3.8) is 0 Å². The third-order valence-electron chi connectivity index (χ3n) is 8.03. The van der Waals surface area contributed by atoms with Gasteiger partial charge >= 0.3 is 0 Å². The van der Waals surface area contributed by atoms with E-state index in [2.05, 4.69) is 54.7 Å². The maximum Gasteiger partial charge on any atom is 0.252 e. The van der Waals surface area contributed by atoms with Crippen LogP contribution in [0.4, 0.5) is 4.39 Å². The molecule has 1 aromatic heterocycles. The number of ether oxygens (including phenoxy) is 1. The first-order chi connectivity index (χ1) is 19.0. The second-order valence-electron chi connectivity index (χ2n) is 10.6. The molecule has 39 heavy (non-hydrogen) atoms. The maximum absolute atomic E-state index is 14.1. The molecule has 1 aliphatic heterocycles. The van der Waals surface area contributed by atoms with E-state index in [9.17, 15) is 9.18 Å². The van der Waals surface area contributed by atoms with Gasteiger partial charge in [-0.2, -0.15) is 0 Å². The summed E-state index contributed by atoms with van der Waals surface area (Å²) >= 11 is 0. The van der Waals surface area contributed by atoms with Crippen LogP contribution in [0.25, 0.3) is 21.7 Å². The molecule has 5 aromatic rings. The van der Waals surface area contributed by atoms with Crippen LogP contribution >= 0.6 is 0 Å². The molecular formula is C34H33FN2O2. The number of rotatable bonds is 7. The molecule has 1 amide bonds. The standard InChI is InChI=1S/C34H33FN2O2/c1-2-5-26-9-8-24(23-37-17-14-27-11-13-30(35)22-32(27)37)20-31(26)33(38)36-34(15-18-39-19-16-34)29-12-10-25-6-3-4-7-28(25)21-29/h3-4,6-14,17,20-22H,2,5,15-16,18-19,23H2,1H3,(H,36,38). The molecule has 1 N–H and O–H groups in total. The minimum atomic E-state index is -0.493. The molecule has 0 atom stereocenters. The smallest absolute Gasteiger partial charge is 0.252 e. The van der Waals surface area contributed by atoms with Crippen molar-refractivity contribution in [2.24, 2.45) is 0 Å². The van der Waals surface area contributed by atoms with E-state index in [0.29, 0.717) is 25.3 Å². The Kier molecular flexibility index (Phi) is 6.92. The van der Waals surface area contributed by atoms with E-state index in [-0.39, 0.29) is 11.7 Å². The Morgan fingerprint density at radius 1 is 0.923 bits per heavy atom. The fraction of sp³-hybridized carbons (Fsp3) is 0.265. The van der Waals surface area contributed by atoms with Crippen molar-refractivity contribution in [2.45, 2.75) is 44.7 Å². The molecular weight excluding hydrogens is 487 g/mol. The van der Waals surface area contributed by atoms with E-state index in [0.717, 1.165) is 53.3 Å². The SMILES string of the molecule is CCCc1ccc(Cn2ccc3ccc(F)cc32)cc1C(=O)NC1(c2ccc3ccccc3c2)CCOCC1. The third kappa shape index (κ3) is 5.07. The number of amides is 1. The zero-order valence-electron chi connectivity index (χ0n) is 22.3. The molecule has 6 rings (SSSR count). The van der Waals surface area contributed by atoms with E-state index < -0.39 is 5.54 Å². The van der Waals surface area contributed by atoms with Gasteiger partial charge in [-0.1, -0.05) is 61.9 Å². The highest BCUT2D eigenvalue weighted by Gasteiger charge is 2.36. The fourth-order valence-electron chi connectivity index (χ4n) is 5.89. The van der Waals surface area contributed by atoms with E-state index in [4.69, 9.17) is 4.74 Å². The Bertz CT molecular complexity index is 1650. The Labute approximate surface area is 228 Å². The lowest BCUT2D eigenvalue weighted by atomic mass is 9.81. The molecule has 1 fully saturated rings. The van der Waals surface area contributed by atoms with E-state index in [1.165, 1.54) is 16.8 Å². The number of nitrogens with one attached hydrogen (secondary N) is 1. The number of hydrogen-bond donors (Lipinski definition) is 1. The second kappa shape index (κ2) is 10.7. The quantitative estimate of drug-likeness (QED) is 0.243. The van der Waals surface area contributed by atoms with Gasteiger partial charge in [0.15, 0.2) is 0 Å². The van der Waals surface area contributed by atoms with Crippen LogP contribution in [0.2, 0.25) is 0 Å². The summed E-state index contributed by atoms with van der Waals surface area (Å²) in [4.78, 5) is 14.1. The number of aryl methyl sites for hydroxylation is 1. The summed E-state index contributed by atoms with van der Waals surface area (Å²) in [5, 5.41) is 6.82. The molecule has 2 heterocycles. The Morgan fingerprint density at radius 3 is 2.54 bits per heavy atom. The topological polar surface area (TPSA) is 43.3 Å². The lowest BCUT2D eigenvalue weighted by Gasteiger charge is -2.39. The van der Waals surface area contributed by atoms with E-state index >= 15 is 0 Å². The summed E-state index contributed by atoms with van der Waals surface area (Å²) in [6.45, 7) is 3.90. The number of carbonyl (C=O) groups excluding carboxylic acids is 1. The number of aromatic nitrogens is 1. The average molecular weight is 521 g/mol. The summed E-state index contributed by atoms with van der Waals surface area (Å²) in [5.41, 5.74) is 4.23. The van der Waals surface area contributed by atoms with Crippen molar-refractivity contribution in [1.82, 2.24) is 9.88 Å². The molecule has 1 aliphatic rings. The van der Waals surface area contributed by atoms with Crippen LogP contribution in [0.3, 0.4) is 0 Å². The van der Waals surface area contributed by atoms with Crippen LogP contribution in [0.1, 0.15) is 53.2 Å².